The largest absolute Gasteiger partial charge is 0.494 e. The maximum Gasteiger partial charge on any atom is 0.257 e. The monoisotopic (exact) mass is 409 g/mol. The van der Waals surface area contributed by atoms with Gasteiger partial charge in [-0.05, 0) is 62.4 Å². The molecule has 1 amide bonds. The van der Waals surface area contributed by atoms with E-state index in [0.29, 0.717) is 34.7 Å². The molecular weight excluding hydrogens is 390 g/mol. The molecule has 8 nitrogen and oxygen atoms in total. The van der Waals surface area contributed by atoms with Crippen molar-refractivity contribution in [2.75, 3.05) is 18.5 Å². The van der Waals surface area contributed by atoms with Crippen molar-refractivity contribution in [2.45, 2.75) is 13.8 Å². The number of aromatic nitrogens is 4. The molecule has 2 aromatic heterocycles. The number of ether oxygens (including phenoxy) is 2. The van der Waals surface area contributed by atoms with Crippen LogP contribution in [0.15, 0.2) is 48.5 Å². The van der Waals surface area contributed by atoms with E-state index in [9.17, 15) is 4.79 Å². The van der Waals surface area contributed by atoms with Gasteiger partial charge in [0.15, 0.2) is 5.82 Å². The standard InChI is InChI=1S/C20H19N5O3S/c1-3-27-15-9-5-13(6-10-15)17-22-23-20-25(17)24-19(29-20)21-18(26)14-7-11-16(12-8-14)28-4-2/h5-12H,3-4H2,1-2H3,(H,21,24,26). The van der Waals surface area contributed by atoms with Crippen LogP contribution in [-0.2, 0) is 0 Å². The number of anilines is 1. The van der Waals surface area contributed by atoms with Gasteiger partial charge in [0, 0.05) is 11.1 Å². The van der Waals surface area contributed by atoms with E-state index in [1.54, 1.807) is 28.8 Å². The fraction of sp³-hybridized carbons (Fsp3) is 0.200. The fourth-order valence-corrected chi connectivity index (χ4v) is 3.49. The fourth-order valence-electron chi connectivity index (χ4n) is 2.75. The van der Waals surface area contributed by atoms with E-state index < -0.39 is 0 Å². The third-order valence-electron chi connectivity index (χ3n) is 4.06. The molecule has 4 aromatic rings. The lowest BCUT2D eigenvalue weighted by atomic mass is 10.2. The molecule has 0 saturated carbocycles. The average molecular weight is 409 g/mol. The first-order valence-corrected chi connectivity index (χ1v) is 9.99. The third kappa shape index (κ3) is 4.04. The Morgan fingerprint density at radius 2 is 1.59 bits per heavy atom. The quantitative estimate of drug-likeness (QED) is 0.498. The number of benzene rings is 2. The van der Waals surface area contributed by atoms with E-state index in [2.05, 4.69) is 20.6 Å². The topological polar surface area (TPSA) is 90.6 Å². The van der Waals surface area contributed by atoms with Crippen molar-refractivity contribution in [2.24, 2.45) is 0 Å². The SMILES string of the molecule is CCOc1ccc(C(=O)Nc2nn3c(-c4ccc(OCC)cc4)nnc3s2)cc1. The van der Waals surface area contributed by atoms with Gasteiger partial charge >= 0.3 is 0 Å². The van der Waals surface area contributed by atoms with E-state index >= 15 is 0 Å². The molecule has 0 atom stereocenters. The first-order valence-electron chi connectivity index (χ1n) is 9.17. The predicted octanol–water partition coefficient (Wildman–Crippen LogP) is 3.90. The molecule has 0 saturated heterocycles. The summed E-state index contributed by atoms with van der Waals surface area (Å²) in [5.74, 6) is 1.86. The van der Waals surface area contributed by atoms with Crippen molar-refractivity contribution in [3.05, 3.63) is 54.1 Å². The Labute approximate surface area is 171 Å². The van der Waals surface area contributed by atoms with Crippen LogP contribution in [0.3, 0.4) is 0 Å². The minimum atomic E-state index is -0.249. The lowest BCUT2D eigenvalue weighted by Crippen LogP contribution is -2.12. The van der Waals surface area contributed by atoms with Crippen LogP contribution in [-0.4, -0.2) is 38.9 Å². The summed E-state index contributed by atoms with van der Waals surface area (Å²) in [5.41, 5.74) is 1.38. The highest BCUT2D eigenvalue weighted by Crippen LogP contribution is 2.26. The lowest BCUT2D eigenvalue weighted by Gasteiger charge is -2.04. The number of carbonyl (C=O) groups is 1. The van der Waals surface area contributed by atoms with Crippen LogP contribution in [0.4, 0.5) is 5.13 Å². The molecule has 1 N–H and O–H groups in total. The van der Waals surface area contributed by atoms with Crippen LogP contribution in [0.25, 0.3) is 16.3 Å². The maximum atomic E-state index is 12.5. The number of nitrogens with one attached hydrogen (secondary N) is 1. The van der Waals surface area contributed by atoms with Crippen molar-refractivity contribution in [3.8, 4) is 22.9 Å². The Morgan fingerprint density at radius 1 is 0.966 bits per heavy atom. The van der Waals surface area contributed by atoms with Crippen LogP contribution >= 0.6 is 11.3 Å². The van der Waals surface area contributed by atoms with Crippen molar-refractivity contribution in [3.63, 3.8) is 0 Å². The number of carbonyl (C=O) groups excluding carboxylic acids is 1. The molecule has 2 aromatic carbocycles. The second-order valence-corrected chi connectivity index (χ2v) is 6.95. The highest BCUT2D eigenvalue weighted by Gasteiger charge is 2.15. The van der Waals surface area contributed by atoms with Gasteiger partial charge in [0.1, 0.15) is 11.5 Å². The number of hydrogen-bond donors (Lipinski definition) is 1. The Bertz CT molecular complexity index is 1120. The van der Waals surface area contributed by atoms with E-state index in [1.807, 2.05) is 38.1 Å². The van der Waals surface area contributed by atoms with Crippen LogP contribution in [0.2, 0.25) is 0 Å². The molecule has 4 rings (SSSR count). The highest BCUT2D eigenvalue weighted by molar-refractivity contribution is 7.20. The zero-order valence-corrected chi connectivity index (χ0v) is 16.8. The minimum Gasteiger partial charge on any atom is -0.494 e. The number of nitrogens with zero attached hydrogens (tertiary/aromatic N) is 4. The summed E-state index contributed by atoms with van der Waals surface area (Å²) in [5, 5.41) is 16.1. The Balaban J connectivity index is 1.53. The van der Waals surface area contributed by atoms with Gasteiger partial charge in [-0.2, -0.15) is 4.52 Å². The number of rotatable bonds is 7. The van der Waals surface area contributed by atoms with Gasteiger partial charge in [-0.1, -0.05) is 11.3 Å². The molecular formula is C20H19N5O3S. The summed E-state index contributed by atoms with van der Waals surface area (Å²) in [6.07, 6.45) is 0. The first kappa shape index (κ1) is 18.9. The predicted molar refractivity (Wildman–Crippen MR) is 111 cm³/mol. The first-order chi connectivity index (χ1) is 14.2. The normalized spacial score (nSPS) is 10.8. The van der Waals surface area contributed by atoms with Crippen LogP contribution in [0.5, 0.6) is 11.5 Å². The van der Waals surface area contributed by atoms with E-state index in [4.69, 9.17) is 9.47 Å². The molecule has 0 aliphatic carbocycles. The van der Waals surface area contributed by atoms with Gasteiger partial charge in [0.05, 0.1) is 13.2 Å². The second kappa shape index (κ2) is 8.27. The van der Waals surface area contributed by atoms with Crippen molar-refractivity contribution in [1.29, 1.82) is 0 Å². The smallest absolute Gasteiger partial charge is 0.257 e. The number of hydrogen-bond acceptors (Lipinski definition) is 7. The Morgan fingerprint density at radius 3 is 2.21 bits per heavy atom. The van der Waals surface area contributed by atoms with Crippen molar-refractivity contribution < 1.29 is 14.3 Å². The molecule has 0 aliphatic heterocycles. The highest BCUT2D eigenvalue weighted by atomic mass is 32.1. The van der Waals surface area contributed by atoms with Crippen LogP contribution < -0.4 is 14.8 Å². The Hall–Kier alpha value is -3.46. The lowest BCUT2D eigenvalue weighted by molar-refractivity contribution is 0.102. The molecule has 0 aliphatic rings. The Kier molecular flexibility index (Phi) is 5.39. The van der Waals surface area contributed by atoms with Crippen LogP contribution in [0.1, 0.15) is 24.2 Å². The van der Waals surface area contributed by atoms with Gasteiger partial charge in [0.2, 0.25) is 10.1 Å². The molecule has 0 bridgehead atoms. The average Bonchev–Trinajstić information content (AvgIpc) is 3.30. The molecule has 9 heteroatoms. The zero-order chi connectivity index (χ0) is 20.2. The third-order valence-corrected chi connectivity index (χ3v) is 4.88. The summed E-state index contributed by atoms with van der Waals surface area (Å²) in [6.45, 7) is 5.04. The summed E-state index contributed by atoms with van der Waals surface area (Å²) in [6, 6.07) is 14.5. The molecule has 2 heterocycles. The molecule has 0 spiro atoms. The van der Waals surface area contributed by atoms with E-state index in [1.165, 1.54) is 11.3 Å². The molecule has 29 heavy (non-hydrogen) atoms. The van der Waals surface area contributed by atoms with Gasteiger partial charge in [0.25, 0.3) is 5.91 Å². The van der Waals surface area contributed by atoms with Crippen LogP contribution in [0, 0.1) is 0 Å². The second-order valence-electron chi connectivity index (χ2n) is 5.99. The number of amides is 1. The van der Waals surface area contributed by atoms with Gasteiger partial charge < -0.3 is 9.47 Å². The summed E-state index contributed by atoms with van der Waals surface area (Å²) in [4.78, 5) is 13.1. The van der Waals surface area contributed by atoms with Crippen molar-refractivity contribution in [1.82, 2.24) is 19.8 Å². The van der Waals surface area contributed by atoms with Crippen molar-refractivity contribution >= 4 is 27.3 Å². The summed E-state index contributed by atoms with van der Waals surface area (Å²) in [7, 11) is 0. The van der Waals surface area contributed by atoms with E-state index in [-0.39, 0.29) is 5.91 Å². The zero-order valence-electron chi connectivity index (χ0n) is 16.0. The minimum absolute atomic E-state index is 0.249. The number of fused-ring (bicyclic) bond motifs is 1. The summed E-state index contributed by atoms with van der Waals surface area (Å²) < 4.78 is 12.5. The van der Waals surface area contributed by atoms with Gasteiger partial charge in [-0.25, -0.2) is 0 Å². The molecule has 0 fully saturated rings. The molecule has 0 radical (unpaired) electrons. The maximum absolute atomic E-state index is 12.5. The van der Waals surface area contributed by atoms with Gasteiger partial charge in [-0.15, -0.1) is 15.3 Å². The molecule has 148 valence electrons. The summed E-state index contributed by atoms with van der Waals surface area (Å²) >= 11 is 1.26. The van der Waals surface area contributed by atoms with E-state index in [0.717, 1.165) is 17.1 Å². The van der Waals surface area contributed by atoms with Gasteiger partial charge in [-0.3, -0.25) is 10.1 Å². The molecule has 0 unspecified atom stereocenters.